The van der Waals surface area contributed by atoms with E-state index in [0.717, 1.165) is 11.2 Å². The summed E-state index contributed by atoms with van der Waals surface area (Å²) in [6.45, 7) is 4.45. The number of hydrogen-bond donors (Lipinski definition) is 0. The minimum absolute atomic E-state index is 0.463. The van der Waals surface area contributed by atoms with Crippen LogP contribution in [-0.4, -0.2) is 0 Å². The second kappa shape index (κ2) is 7.94. The van der Waals surface area contributed by atoms with E-state index >= 15 is 0 Å². The second-order valence-corrected chi connectivity index (χ2v) is 10.7. The molecule has 38 heavy (non-hydrogen) atoms. The summed E-state index contributed by atoms with van der Waals surface area (Å²) < 4.78 is 6.40. The van der Waals surface area contributed by atoms with Crippen molar-refractivity contribution < 1.29 is 4.42 Å². The predicted octanol–water partition coefficient (Wildman–Crippen LogP) is 10.9. The molecule has 0 fully saturated rings. The Morgan fingerprint density at radius 2 is 1.13 bits per heavy atom. The molecule has 8 rings (SSSR count). The van der Waals surface area contributed by atoms with Crippen molar-refractivity contribution in [1.29, 1.82) is 0 Å². The van der Waals surface area contributed by atoms with Gasteiger partial charge in [0.05, 0.1) is 0 Å². The van der Waals surface area contributed by atoms with Crippen LogP contribution < -0.4 is 0 Å². The van der Waals surface area contributed by atoms with Crippen LogP contribution in [0.1, 0.15) is 25.3 Å². The van der Waals surface area contributed by atoms with Crippen molar-refractivity contribution >= 4 is 54.3 Å². The van der Waals surface area contributed by atoms with Crippen molar-refractivity contribution in [2.24, 2.45) is 0 Å². The van der Waals surface area contributed by atoms with Crippen LogP contribution in [0.3, 0.4) is 0 Å². The highest BCUT2D eigenvalue weighted by Crippen LogP contribution is 2.45. The summed E-state index contributed by atoms with van der Waals surface area (Å²) in [4.78, 5) is 0. The number of rotatable bonds is 3. The quantitative estimate of drug-likeness (QED) is 0.226. The molecule has 0 amide bonds. The van der Waals surface area contributed by atoms with Gasteiger partial charge in [-0.05, 0) is 78.2 Å². The molecule has 1 heterocycles. The molecule has 180 valence electrons. The van der Waals surface area contributed by atoms with Crippen molar-refractivity contribution in [3.05, 3.63) is 121 Å². The van der Waals surface area contributed by atoms with Gasteiger partial charge in [0.2, 0.25) is 0 Å². The molecule has 1 aromatic heterocycles. The summed E-state index contributed by atoms with van der Waals surface area (Å²) in [5, 5.41) is 10.2. The zero-order chi connectivity index (χ0) is 25.4. The smallest absolute Gasteiger partial charge is 0.136 e. The topological polar surface area (TPSA) is 13.1 Å². The number of benzene rings is 7. The van der Waals surface area contributed by atoms with Crippen LogP contribution in [0, 0.1) is 0 Å². The van der Waals surface area contributed by atoms with Crippen molar-refractivity contribution in [2.45, 2.75) is 19.8 Å². The van der Waals surface area contributed by atoms with E-state index in [2.05, 4.69) is 129 Å². The van der Waals surface area contributed by atoms with Crippen LogP contribution in [-0.2, 0) is 0 Å². The molecule has 0 aliphatic heterocycles. The van der Waals surface area contributed by atoms with Crippen LogP contribution >= 0.6 is 0 Å². The lowest BCUT2D eigenvalue weighted by atomic mass is 9.86. The van der Waals surface area contributed by atoms with E-state index in [4.69, 9.17) is 4.42 Å². The largest absolute Gasteiger partial charge is 0.456 e. The molecular weight excluding hydrogens is 460 g/mol. The summed E-state index contributed by atoms with van der Waals surface area (Å²) >= 11 is 0. The van der Waals surface area contributed by atoms with E-state index in [0.29, 0.717) is 5.92 Å². The maximum absolute atomic E-state index is 6.40. The summed E-state index contributed by atoms with van der Waals surface area (Å²) in [6.07, 6.45) is 0. The molecule has 7 aromatic carbocycles. The van der Waals surface area contributed by atoms with Crippen LogP contribution in [0.15, 0.2) is 120 Å². The van der Waals surface area contributed by atoms with E-state index in [1.807, 2.05) is 0 Å². The second-order valence-electron chi connectivity index (χ2n) is 10.7. The zero-order valence-electron chi connectivity index (χ0n) is 21.5. The molecule has 0 saturated carbocycles. The van der Waals surface area contributed by atoms with Gasteiger partial charge in [-0.2, -0.15) is 0 Å². The Bertz CT molecular complexity index is 2140. The molecule has 1 heteroatoms. The first-order valence-electron chi connectivity index (χ1n) is 13.4. The van der Waals surface area contributed by atoms with Gasteiger partial charge in [-0.15, -0.1) is 0 Å². The molecule has 0 unspecified atom stereocenters. The molecule has 1 nitrogen and oxygen atoms in total. The van der Waals surface area contributed by atoms with E-state index in [1.165, 1.54) is 70.9 Å². The Morgan fingerprint density at radius 1 is 0.474 bits per heavy atom. The first kappa shape index (κ1) is 21.5. The van der Waals surface area contributed by atoms with Gasteiger partial charge in [0, 0.05) is 10.8 Å². The maximum Gasteiger partial charge on any atom is 0.136 e. The lowest BCUT2D eigenvalue weighted by Crippen LogP contribution is -1.90. The Labute approximate surface area is 221 Å². The number of fused-ring (bicyclic) bond motifs is 3. The highest BCUT2D eigenvalue weighted by molar-refractivity contribution is 6.28. The molecule has 0 atom stereocenters. The lowest BCUT2D eigenvalue weighted by molar-refractivity contribution is 0.667. The number of furan rings is 1. The van der Waals surface area contributed by atoms with Gasteiger partial charge in [-0.3, -0.25) is 0 Å². The lowest BCUT2D eigenvalue weighted by Gasteiger charge is -2.17. The Morgan fingerprint density at radius 3 is 1.87 bits per heavy atom. The van der Waals surface area contributed by atoms with Crippen LogP contribution in [0.25, 0.3) is 76.5 Å². The molecule has 0 aliphatic rings. The normalized spacial score (nSPS) is 12.2. The summed E-state index contributed by atoms with van der Waals surface area (Å²) in [6, 6.07) is 42.1. The third-order valence-corrected chi connectivity index (χ3v) is 8.23. The third kappa shape index (κ3) is 2.99. The average Bonchev–Trinajstić information content (AvgIpc) is 3.34. The molecule has 0 bridgehead atoms. The molecular formula is C37H26O. The van der Waals surface area contributed by atoms with Gasteiger partial charge in [-0.25, -0.2) is 0 Å². The highest BCUT2D eigenvalue weighted by Gasteiger charge is 2.18. The minimum Gasteiger partial charge on any atom is -0.456 e. The monoisotopic (exact) mass is 486 g/mol. The maximum atomic E-state index is 6.40. The van der Waals surface area contributed by atoms with Gasteiger partial charge in [-0.1, -0.05) is 117 Å². The first-order valence-corrected chi connectivity index (χ1v) is 13.4. The number of hydrogen-bond acceptors (Lipinski definition) is 1. The fourth-order valence-corrected chi connectivity index (χ4v) is 6.33. The van der Waals surface area contributed by atoms with E-state index in [1.54, 1.807) is 0 Å². The summed E-state index contributed by atoms with van der Waals surface area (Å²) in [5.41, 5.74) is 8.20. The molecule has 0 aliphatic carbocycles. The van der Waals surface area contributed by atoms with Crippen LogP contribution in [0.5, 0.6) is 0 Å². The molecule has 0 N–H and O–H groups in total. The Balaban J connectivity index is 1.45. The molecule has 8 aromatic rings. The standard InChI is InChI=1S/C37H26O/c1-22(2)26-15-20-32-34(21-26)38-33-10-6-9-29(37(32)33)28-17-12-25-13-18-30-27(23-7-4-3-5-8-23)16-11-24-14-19-31(28)36(25)35(24)30/h3-22H,1-2H3. The van der Waals surface area contributed by atoms with E-state index in [-0.39, 0.29) is 0 Å². The van der Waals surface area contributed by atoms with Crippen LogP contribution in [0.4, 0.5) is 0 Å². The van der Waals surface area contributed by atoms with Gasteiger partial charge in [0.15, 0.2) is 0 Å². The fourth-order valence-electron chi connectivity index (χ4n) is 6.33. The molecule has 0 spiro atoms. The first-order chi connectivity index (χ1) is 18.7. The van der Waals surface area contributed by atoms with Crippen molar-refractivity contribution in [3.8, 4) is 22.3 Å². The van der Waals surface area contributed by atoms with Gasteiger partial charge in [0.1, 0.15) is 11.2 Å². The summed E-state index contributed by atoms with van der Waals surface area (Å²) in [7, 11) is 0. The van der Waals surface area contributed by atoms with Crippen LogP contribution in [0.2, 0.25) is 0 Å². The van der Waals surface area contributed by atoms with Crippen molar-refractivity contribution in [1.82, 2.24) is 0 Å². The minimum atomic E-state index is 0.463. The predicted molar refractivity (Wildman–Crippen MR) is 162 cm³/mol. The van der Waals surface area contributed by atoms with Gasteiger partial charge >= 0.3 is 0 Å². The van der Waals surface area contributed by atoms with Gasteiger partial charge < -0.3 is 4.42 Å². The molecule has 0 saturated heterocycles. The highest BCUT2D eigenvalue weighted by atomic mass is 16.3. The van der Waals surface area contributed by atoms with Crippen molar-refractivity contribution in [2.75, 3.05) is 0 Å². The van der Waals surface area contributed by atoms with Gasteiger partial charge in [0.25, 0.3) is 0 Å². The van der Waals surface area contributed by atoms with Crippen molar-refractivity contribution in [3.63, 3.8) is 0 Å². The Hall–Kier alpha value is -4.62. The SMILES string of the molecule is CC(C)c1ccc2c(c1)oc1cccc(-c3ccc4ccc5c(-c6ccccc6)ccc6ccc3c4c65)c12. The summed E-state index contributed by atoms with van der Waals surface area (Å²) in [5.74, 6) is 0.463. The molecule has 0 radical (unpaired) electrons. The Kier molecular flexibility index (Phi) is 4.48. The van der Waals surface area contributed by atoms with E-state index in [9.17, 15) is 0 Å². The van der Waals surface area contributed by atoms with E-state index < -0.39 is 0 Å². The zero-order valence-corrected chi connectivity index (χ0v) is 21.5. The fraction of sp³-hybridized carbons (Fsp3) is 0.0811. The third-order valence-electron chi connectivity index (χ3n) is 8.23. The average molecular weight is 487 g/mol.